The molecule has 0 aliphatic heterocycles. The van der Waals surface area contributed by atoms with Crippen LogP contribution in [0.2, 0.25) is 0 Å². The number of benzene rings is 2. The normalized spacial score (nSPS) is 9.95. The summed E-state index contributed by atoms with van der Waals surface area (Å²) in [6.45, 7) is 1.90. The van der Waals surface area contributed by atoms with Crippen molar-refractivity contribution in [2.45, 2.75) is 6.92 Å². The fourth-order valence-electron chi connectivity index (χ4n) is 2.00. The number of para-hydroxylation sites is 1. The van der Waals surface area contributed by atoms with Gasteiger partial charge in [-0.15, -0.1) is 0 Å². The van der Waals surface area contributed by atoms with Crippen LogP contribution in [0.5, 0.6) is 11.5 Å². The second kappa shape index (κ2) is 6.10. The number of carbonyl (C=O) groups excluding carboxylic acids is 1. The monoisotopic (exact) mass is 271 g/mol. The van der Waals surface area contributed by atoms with E-state index in [1.165, 1.54) is 0 Å². The van der Waals surface area contributed by atoms with Gasteiger partial charge in [-0.2, -0.15) is 0 Å². The van der Waals surface area contributed by atoms with E-state index in [1.54, 1.807) is 26.4 Å². The Hall–Kier alpha value is -2.49. The van der Waals surface area contributed by atoms with Crippen molar-refractivity contribution in [1.29, 1.82) is 0 Å². The zero-order valence-electron chi connectivity index (χ0n) is 11.8. The minimum absolute atomic E-state index is 0.209. The minimum Gasteiger partial charge on any atom is -0.497 e. The quantitative estimate of drug-likeness (QED) is 0.928. The lowest BCUT2D eigenvalue weighted by atomic mass is 10.1. The van der Waals surface area contributed by atoms with E-state index in [-0.39, 0.29) is 5.91 Å². The summed E-state index contributed by atoms with van der Waals surface area (Å²) < 4.78 is 10.4. The van der Waals surface area contributed by atoms with Crippen LogP contribution in [0.3, 0.4) is 0 Å². The first-order valence-electron chi connectivity index (χ1n) is 6.24. The van der Waals surface area contributed by atoms with Crippen LogP contribution in [0, 0.1) is 6.92 Å². The van der Waals surface area contributed by atoms with Gasteiger partial charge in [0, 0.05) is 11.8 Å². The van der Waals surface area contributed by atoms with Gasteiger partial charge in [0.1, 0.15) is 11.5 Å². The van der Waals surface area contributed by atoms with Crippen molar-refractivity contribution in [1.82, 2.24) is 0 Å². The zero-order chi connectivity index (χ0) is 14.5. The predicted octanol–water partition coefficient (Wildman–Crippen LogP) is 3.26. The van der Waals surface area contributed by atoms with Gasteiger partial charge < -0.3 is 14.8 Å². The number of aryl methyl sites for hydroxylation is 1. The molecule has 1 amide bonds. The largest absolute Gasteiger partial charge is 0.497 e. The Labute approximate surface area is 118 Å². The van der Waals surface area contributed by atoms with Gasteiger partial charge in [0.25, 0.3) is 5.91 Å². The van der Waals surface area contributed by atoms with Crippen LogP contribution in [0.15, 0.2) is 42.5 Å². The van der Waals surface area contributed by atoms with E-state index in [2.05, 4.69) is 5.32 Å². The Kier molecular flexibility index (Phi) is 4.25. The molecule has 2 aromatic rings. The fourth-order valence-corrected chi connectivity index (χ4v) is 2.00. The maximum Gasteiger partial charge on any atom is 0.259 e. The highest BCUT2D eigenvalue weighted by Crippen LogP contribution is 2.24. The van der Waals surface area contributed by atoms with E-state index in [1.807, 2.05) is 37.3 Å². The van der Waals surface area contributed by atoms with Crippen molar-refractivity contribution in [2.75, 3.05) is 19.5 Å². The van der Waals surface area contributed by atoms with E-state index < -0.39 is 0 Å². The van der Waals surface area contributed by atoms with Crippen LogP contribution in [0.25, 0.3) is 0 Å². The average molecular weight is 271 g/mol. The third-order valence-electron chi connectivity index (χ3n) is 2.99. The van der Waals surface area contributed by atoms with Crippen molar-refractivity contribution in [3.63, 3.8) is 0 Å². The average Bonchev–Trinajstić information content (AvgIpc) is 2.47. The Morgan fingerprint density at radius 2 is 1.80 bits per heavy atom. The second-order valence-electron chi connectivity index (χ2n) is 4.34. The van der Waals surface area contributed by atoms with E-state index >= 15 is 0 Å². The van der Waals surface area contributed by atoms with Crippen LogP contribution in [0.4, 0.5) is 5.69 Å². The molecule has 0 fully saturated rings. The van der Waals surface area contributed by atoms with Gasteiger partial charge in [0.15, 0.2) is 0 Å². The van der Waals surface area contributed by atoms with Gasteiger partial charge in [-0.1, -0.05) is 18.2 Å². The zero-order valence-corrected chi connectivity index (χ0v) is 11.8. The van der Waals surface area contributed by atoms with Gasteiger partial charge in [0.05, 0.1) is 19.8 Å². The molecule has 0 saturated carbocycles. The number of amides is 1. The Morgan fingerprint density at radius 3 is 2.50 bits per heavy atom. The Bertz CT molecular complexity index is 623. The topological polar surface area (TPSA) is 47.6 Å². The number of nitrogens with one attached hydrogen (secondary N) is 1. The highest BCUT2D eigenvalue weighted by Gasteiger charge is 2.14. The highest BCUT2D eigenvalue weighted by atomic mass is 16.5. The molecule has 0 saturated heterocycles. The lowest BCUT2D eigenvalue weighted by Crippen LogP contribution is -2.13. The van der Waals surface area contributed by atoms with Crippen LogP contribution in [-0.2, 0) is 0 Å². The molecule has 2 rings (SSSR count). The third-order valence-corrected chi connectivity index (χ3v) is 2.99. The molecular weight excluding hydrogens is 254 g/mol. The summed E-state index contributed by atoms with van der Waals surface area (Å²) in [4.78, 5) is 12.3. The molecule has 0 aromatic heterocycles. The second-order valence-corrected chi connectivity index (χ2v) is 4.34. The summed E-state index contributed by atoms with van der Waals surface area (Å²) in [5.41, 5.74) is 2.11. The first kappa shape index (κ1) is 13.9. The molecule has 0 atom stereocenters. The number of methoxy groups -OCH3 is 2. The lowest BCUT2D eigenvalue weighted by molar-refractivity contribution is 0.102. The summed E-state index contributed by atoms with van der Waals surface area (Å²) in [7, 11) is 3.15. The van der Waals surface area contributed by atoms with Gasteiger partial charge >= 0.3 is 0 Å². The summed E-state index contributed by atoms with van der Waals surface area (Å²) in [6, 6.07) is 12.7. The minimum atomic E-state index is -0.209. The molecule has 0 aliphatic rings. The van der Waals surface area contributed by atoms with Crippen LogP contribution < -0.4 is 14.8 Å². The molecule has 0 spiro atoms. The van der Waals surface area contributed by atoms with E-state index in [0.29, 0.717) is 22.7 Å². The first-order chi connectivity index (χ1) is 9.65. The summed E-state index contributed by atoms with van der Waals surface area (Å²) in [5, 5.41) is 2.84. The van der Waals surface area contributed by atoms with Crippen molar-refractivity contribution in [2.24, 2.45) is 0 Å². The standard InChI is InChI=1S/C16H17NO3/c1-11-6-4-9-14(15(11)20-3)16(18)17-12-7-5-8-13(10-12)19-2/h4-10H,1-3H3,(H,17,18). The molecule has 104 valence electrons. The number of rotatable bonds is 4. The Morgan fingerprint density at radius 1 is 1.05 bits per heavy atom. The Balaban J connectivity index is 2.26. The molecule has 0 radical (unpaired) electrons. The third kappa shape index (κ3) is 2.91. The van der Waals surface area contributed by atoms with Gasteiger partial charge in [0.2, 0.25) is 0 Å². The van der Waals surface area contributed by atoms with E-state index in [0.717, 1.165) is 5.56 Å². The smallest absolute Gasteiger partial charge is 0.259 e. The van der Waals surface area contributed by atoms with Gasteiger partial charge in [-0.3, -0.25) is 4.79 Å². The molecule has 0 bridgehead atoms. The highest BCUT2D eigenvalue weighted by molar-refractivity contribution is 6.06. The van der Waals surface area contributed by atoms with Crippen LogP contribution in [-0.4, -0.2) is 20.1 Å². The van der Waals surface area contributed by atoms with Crippen molar-refractivity contribution >= 4 is 11.6 Å². The van der Waals surface area contributed by atoms with Gasteiger partial charge in [-0.25, -0.2) is 0 Å². The number of hydrogen-bond donors (Lipinski definition) is 1. The van der Waals surface area contributed by atoms with E-state index in [9.17, 15) is 4.79 Å². The fraction of sp³-hybridized carbons (Fsp3) is 0.188. The molecule has 4 heteroatoms. The molecule has 4 nitrogen and oxygen atoms in total. The van der Waals surface area contributed by atoms with E-state index in [4.69, 9.17) is 9.47 Å². The summed E-state index contributed by atoms with van der Waals surface area (Å²) >= 11 is 0. The molecular formula is C16H17NO3. The summed E-state index contributed by atoms with van der Waals surface area (Å²) in [5.74, 6) is 1.07. The van der Waals surface area contributed by atoms with Crippen molar-refractivity contribution < 1.29 is 14.3 Å². The van der Waals surface area contributed by atoms with Crippen LogP contribution >= 0.6 is 0 Å². The SMILES string of the molecule is COc1cccc(NC(=O)c2cccc(C)c2OC)c1. The van der Waals surface area contributed by atoms with Crippen molar-refractivity contribution in [3.05, 3.63) is 53.6 Å². The van der Waals surface area contributed by atoms with Gasteiger partial charge in [-0.05, 0) is 30.7 Å². The number of hydrogen-bond acceptors (Lipinski definition) is 3. The molecule has 0 aliphatic carbocycles. The first-order valence-corrected chi connectivity index (χ1v) is 6.24. The molecule has 1 N–H and O–H groups in total. The van der Waals surface area contributed by atoms with Crippen LogP contribution in [0.1, 0.15) is 15.9 Å². The lowest BCUT2D eigenvalue weighted by Gasteiger charge is -2.12. The summed E-state index contributed by atoms with van der Waals surface area (Å²) in [6.07, 6.45) is 0. The maximum absolute atomic E-state index is 12.3. The molecule has 0 heterocycles. The molecule has 0 unspecified atom stereocenters. The number of carbonyl (C=O) groups is 1. The maximum atomic E-state index is 12.3. The number of anilines is 1. The predicted molar refractivity (Wildman–Crippen MR) is 78.7 cm³/mol. The number of ether oxygens (including phenoxy) is 2. The molecule has 2 aromatic carbocycles. The molecule has 20 heavy (non-hydrogen) atoms. The van der Waals surface area contributed by atoms with Crippen molar-refractivity contribution in [3.8, 4) is 11.5 Å².